The number of anilines is 2. The fourth-order valence-electron chi connectivity index (χ4n) is 5.48. The van der Waals surface area contributed by atoms with Crippen LogP contribution in [0.1, 0.15) is 42.4 Å². The third kappa shape index (κ3) is 4.52. The summed E-state index contributed by atoms with van der Waals surface area (Å²) in [4.78, 5) is 4.68. The molecule has 3 aromatic rings. The normalized spacial score (nSPS) is 20.6. The predicted molar refractivity (Wildman–Crippen MR) is 130 cm³/mol. The highest BCUT2D eigenvalue weighted by Gasteiger charge is 2.42. The number of methoxy groups -OCH3 is 1. The number of halogens is 2. The lowest BCUT2D eigenvalue weighted by molar-refractivity contribution is 0.145. The van der Waals surface area contributed by atoms with Gasteiger partial charge in [-0.1, -0.05) is 12.1 Å². The number of hydrogen-bond donors (Lipinski definition) is 1. The van der Waals surface area contributed by atoms with Crippen LogP contribution in [-0.4, -0.2) is 42.8 Å². The zero-order valence-electron chi connectivity index (χ0n) is 19.3. The summed E-state index contributed by atoms with van der Waals surface area (Å²) >= 11 is 0. The number of ether oxygens (including phenoxy) is 1. The Kier molecular flexibility index (Phi) is 6.53. The number of aliphatic hydroxyl groups is 1. The van der Waals surface area contributed by atoms with Crippen LogP contribution in [0, 0.1) is 11.6 Å². The molecule has 0 spiro atoms. The maximum absolute atomic E-state index is 14.2. The SMILES string of the molecule is COc1ccc(C(O)CCCN2CC[C@@H]3[C@@H](C2)c2cc(F)ccc2N3c2ccc(F)cc2)cc1. The first-order chi connectivity index (χ1) is 16.5. The van der Waals surface area contributed by atoms with Crippen molar-refractivity contribution in [2.45, 2.75) is 37.3 Å². The van der Waals surface area contributed by atoms with E-state index in [4.69, 9.17) is 4.74 Å². The minimum Gasteiger partial charge on any atom is -0.497 e. The van der Waals surface area contributed by atoms with Crippen LogP contribution in [0.3, 0.4) is 0 Å². The van der Waals surface area contributed by atoms with Crippen molar-refractivity contribution in [2.75, 3.05) is 31.6 Å². The Morgan fingerprint density at radius 2 is 1.74 bits per heavy atom. The quantitative estimate of drug-likeness (QED) is 0.480. The molecule has 178 valence electrons. The molecule has 0 amide bonds. The molecule has 0 bridgehead atoms. The number of likely N-dealkylation sites (tertiary alicyclic amines) is 1. The van der Waals surface area contributed by atoms with Crippen LogP contribution in [0.2, 0.25) is 0 Å². The summed E-state index contributed by atoms with van der Waals surface area (Å²) in [5, 5.41) is 10.6. The van der Waals surface area contributed by atoms with Gasteiger partial charge in [0.25, 0.3) is 0 Å². The monoisotopic (exact) mass is 464 g/mol. The molecule has 1 fully saturated rings. The minimum atomic E-state index is -0.501. The molecule has 1 unspecified atom stereocenters. The van der Waals surface area contributed by atoms with E-state index in [1.807, 2.05) is 30.3 Å². The molecule has 0 aliphatic carbocycles. The summed E-state index contributed by atoms with van der Waals surface area (Å²) in [6.45, 7) is 2.67. The number of fused-ring (bicyclic) bond motifs is 3. The number of benzene rings is 3. The van der Waals surface area contributed by atoms with Gasteiger partial charge in [0.05, 0.1) is 13.2 Å². The molecule has 0 saturated carbocycles. The fraction of sp³-hybridized carbons (Fsp3) is 0.357. The van der Waals surface area contributed by atoms with Gasteiger partial charge in [-0.2, -0.15) is 0 Å². The number of rotatable bonds is 7. The van der Waals surface area contributed by atoms with Gasteiger partial charge in [-0.15, -0.1) is 0 Å². The van der Waals surface area contributed by atoms with Gasteiger partial charge < -0.3 is 19.6 Å². The van der Waals surface area contributed by atoms with Gasteiger partial charge >= 0.3 is 0 Å². The van der Waals surface area contributed by atoms with Gasteiger partial charge in [-0.05, 0) is 91.5 Å². The smallest absolute Gasteiger partial charge is 0.123 e. The zero-order chi connectivity index (χ0) is 23.7. The van der Waals surface area contributed by atoms with E-state index in [0.29, 0.717) is 6.42 Å². The van der Waals surface area contributed by atoms with Gasteiger partial charge in [0.1, 0.15) is 17.4 Å². The summed E-state index contributed by atoms with van der Waals surface area (Å²) in [5.74, 6) is 0.487. The van der Waals surface area contributed by atoms with E-state index in [2.05, 4.69) is 9.80 Å². The second-order valence-corrected chi connectivity index (χ2v) is 9.24. The molecule has 2 heterocycles. The average molecular weight is 465 g/mol. The van der Waals surface area contributed by atoms with Crippen molar-refractivity contribution in [3.8, 4) is 5.75 Å². The standard InChI is InChI=1S/C28H30F2N2O2/c1-34-23-11-4-19(5-12-23)28(33)3-2-15-31-16-14-27-25(18-31)24-17-21(30)8-13-26(24)32(27)22-9-6-20(29)7-10-22/h4-13,17,25,27-28,33H,2-3,14-16,18H2,1H3/t25-,27+,28?/m0/s1. The van der Waals surface area contributed by atoms with E-state index in [9.17, 15) is 13.9 Å². The Balaban J connectivity index is 1.25. The Labute approximate surface area is 199 Å². The van der Waals surface area contributed by atoms with E-state index >= 15 is 0 Å². The third-order valence-corrected chi connectivity index (χ3v) is 7.20. The number of piperidine rings is 1. The van der Waals surface area contributed by atoms with Crippen molar-refractivity contribution < 1.29 is 18.6 Å². The van der Waals surface area contributed by atoms with E-state index < -0.39 is 6.10 Å². The van der Waals surface area contributed by atoms with Crippen molar-refractivity contribution in [1.82, 2.24) is 4.90 Å². The third-order valence-electron chi connectivity index (χ3n) is 7.20. The van der Waals surface area contributed by atoms with Crippen LogP contribution in [0.4, 0.5) is 20.2 Å². The highest BCUT2D eigenvalue weighted by molar-refractivity contribution is 5.73. The lowest BCUT2D eigenvalue weighted by Crippen LogP contribution is -2.45. The molecule has 2 aliphatic heterocycles. The molecule has 6 heteroatoms. The first-order valence-corrected chi connectivity index (χ1v) is 11.9. The lowest BCUT2D eigenvalue weighted by atomic mass is 9.88. The van der Waals surface area contributed by atoms with Crippen LogP contribution in [0.15, 0.2) is 66.7 Å². The Morgan fingerprint density at radius 3 is 2.47 bits per heavy atom. The summed E-state index contributed by atoms with van der Waals surface area (Å²) in [7, 11) is 1.63. The van der Waals surface area contributed by atoms with Crippen molar-refractivity contribution in [2.24, 2.45) is 0 Å². The molecule has 0 aromatic heterocycles. The molecule has 3 atom stereocenters. The number of nitrogens with zero attached hydrogens (tertiary/aromatic N) is 2. The van der Waals surface area contributed by atoms with Gasteiger partial charge in [0, 0.05) is 36.4 Å². The van der Waals surface area contributed by atoms with Crippen LogP contribution >= 0.6 is 0 Å². The second-order valence-electron chi connectivity index (χ2n) is 9.24. The van der Waals surface area contributed by atoms with E-state index in [-0.39, 0.29) is 23.6 Å². The van der Waals surface area contributed by atoms with Crippen LogP contribution in [-0.2, 0) is 0 Å². The molecule has 5 rings (SSSR count). The second kappa shape index (κ2) is 9.72. The summed E-state index contributed by atoms with van der Waals surface area (Å²) in [5.41, 5.74) is 3.88. The summed E-state index contributed by atoms with van der Waals surface area (Å²) in [6, 6.07) is 19.4. The van der Waals surface area contributed by atoms with Crippen molar-refractivity contribution >= 4 is 11.4 Å². The highest BCUT2D eigenvalue weighted by atomic mass is 19.1. The molecule has 1 saturated heterocycles. The van der Waals surface area contributed by atoms with Crippen LogP contribution < -0.4 is 9.64 Å². The Morgan fingerprint density at radius 1 is 1.00 bits per heavy atom. The average Bonchev–Trinajstić information content (AvgIpc) is 3.17. The largest absolute Gasteiger partial charge is 0.497 e. The molecule has 0 radical (unpaired) electrons. The molecular formula is C28H30F2N2O2. The van der Waals surface area contributed by atoms with Crippen molar-refractivity contribution in [3.63, 3.8) is 0 Å². The number of hydrogen-bond acceptors (Lipinski definition) is 4. The van der Waals surface area contributed by atoms with Gasteiger partial charge in [-0.3, -0.25) is 0 Å². The maximum Gasteiger partial charge on any atom is 0.123 e. The highest BCUT2D eigenvalue weighted by Crippen LogP contribution is 2.48. The first-order valence-electron chi connectivity index (χ1n) is 11.9. The first kappa shape index (κ1) is 22.8. The minimum absolute atomic E-state index is 0.191. The maximum atomic E-state index is 14.2. The number of aliphatic hydroxyl groups excluding tert-OH is 1. The predicted octanol–water partition coefficient (Wildman–Crippen LogP) is 5.80. The summed E-state index contributed by atoms with van der Waals surface area (Å²) < 4.78 is 32.9. The van der Waals surface area contributed by atoms with E-state index in [1.54, 1.807) is 25.3 Å². The lowest BCUT2D eigenvalue weighted by Gasteiger charge is -2.39. The van der Waals surface area contributed by atoms with Crippen LogP contribution in [0.5, 0.6) is 5.75 Å². The van der Waals surface area contributed by atoms with Crippen LogP contribution in [0.25, 0.3) is 0 Å². The zero-order valence-corrected chi connectivity index (χ0v) is 19.3. The topological polar surface area (TPSA) is 35.9 Å². The molecule has 3 aromatic carbocycles. The fourth-order valence-corrected chi connectivity index (χ4v) is 5.48. The molecule has 4 nitrogen and oxygen atoms in total. The molecular weight excluding hydrogens is 434 g/mol. The van der Waals surface area contributed by atoms with E-state index in [1.165, 1.54) is 18.2 Å². The molecule has 2 aliphatic rings. The van der Waals surface area contributed by atoms with Gasteiger partial charge in [0.15, 0.2) is 0 Å². The summed E-state index contributed by atoms with van der Waals surface area (Å²) in [6.07, 6.45) is 2.00. The van der Waals surface area contributed by atoms with Gasteiger partial charge in [-0.25, -0.2) is 8.78 Å². The van der Waals surface area contributed by atoms with Gasteiger partial charge in [0.2, 0.25) is 0 Å². The van der Waals surface area contributed by atoms with Crippen molar-refractivity contribution in [1.29, 1.82) is 0 Å². The Bertz CT molecular complexity index is 1120. The Hall–Kier alpha value is -2.96. The van der Waals surface area contributed by atoms with E-state index in [0.717, 1.165) is 60.7 Å². The molecule has 1 N–H and O–H groups in total. The molecule has 34 heavy (non-hydrogen) atoms. The van der Waals surface area contributed by atoms with Crippen molar-refractivity contribution in [3.05, 3.63) is 89.5 Å².